The zero-order chi connectivity index (χ0) is 7.52. The van der Waals surface area contributed by atoms with Gasteiger partial charge in [0, 0.05) is 17.3 Å². The first kappa shape index (κ1) is 7.42. The van der Waals surface area contributed by atoms with Crippen LogP contribution in [0.5, 0.6) is 0 Å². The Balaban J connectivity index is 2.04. The van der Waals surface area contributed by atoms with Crippen LogP contribution in [0.15, 0.2) is 0 Å². The Bertz CT molecular complexity index is 206. The van der Waals surface area contributed by atoms with E-state index in [1.54, 1.807) is 0 Å². The Kier molecular flexibility index (Phi) is 2.32. The van der Waals surface area contributed by atoms with Crippen LogP contribution >= 0.6 is 23.5 Å². The van der Waals surface area contributed by atoms with Crippen molar-refractivity contribution in [2.45, 2.75) is 5.25 Å². The van der Waals surface area contributed by atoms with E-state index in [1.807, 2.05) is 23.5 Å². The molecule has 1 aromatic heterocycles. The fourth-order valence-corrected chi connectivity index (χ4v) is 3.54. The second-order valence-corrected chi connectivity index (χ2v) is 4.66. The Morgan fingerprint density at radius 1 is 1.45 bits per heavy atom. The Morgan fingerprint density at radius 2 is 2.45 bits per heavy atom. The molecule has 0 bridgehead atoms. The van der Waals surface area contributed by atoms with Crippen LogP contribution in [0.1, 0.15) is 11.1 Å². The van der Waals surface area contributed by atoms with E-state index in [0.29, 0.717) is 5.25 Å². The maximum atomic E-state index is 3.96. The first-order valence-corrected chi connectivity index (χ1v) is 5.60. The minimum Gasteiger partial charge on any atom is -0.177 e. The number of aromatic nitrogens is 4. The van der Waals surface area contributed by atoms with Crippen molar-refractivity contribution in [3.63, 3.8) is 0 Å². The molecule has 11 heavy (non-hydrogen) atoms. The number of thioether (sulfide) groups is 2. The number of H-pyrrole nitrogens is 1. The molecule has 0 unspecified atom stereocenters. The Labute approximate surface area is 72.9 Å². The van der Waals surface area contributed by atoms with Crippen LogP contribution in [0.3, 0.4) is 0 Å². The van der Waals surface area contributed by atoms with Gasteiger partial charge in [-0.15, -0.1) is 22.0 Å². The molecule has 1 atom stereocenters. The number of aromatic amines is 1. The van der Waals surface area contributed by atoms with Crippen molar-refractivity contribution in [3.8, 4) is 0 Å². The van der Waals surface area contributed by atoms with Crippen molar-refractivity contribution < 1.29 is 0 Å². The molecule has 0 saturated carbocycles. The normalized spacial score (nSPS) is 25.3. The molecule has 0 radical (unpaired) electrons. The van der Waals surface area contributed by atoms with Crippen molar-refractivity contribution in [2.24, 2.45) is 0 Å². The maximum Gasteiger partial charge on any atom is 0.188 e. The molecule has 0 spiro atoms. The molecule has 1 N–H and O–H groups in total. The summed E-state index contributed by atoms with van der Waals surface area (Å²) in [4.78, 5) is 0. The molecule has 1 aromatic rings. The zero-order valence-electron chi connectivity index (χ0n) is 5.86. The molecular formula is C5H8N4S2. The summed E-state index contributed by atoms with van der Waals surface area (Å²) in [5.74, 6) is 4.41. The molecule has 6 heteroatoms. The standard InChI is InChI=1S/C5H8N4S2/c1-2-11-4(3-10-1)5-6-8-9-7-5/h4H,1-3H2,(H,6,7,8,9)/t4-/m1/s1. The van der Waals surface area contributed by atoms with E-state index >= 15 is 0 Å². The molecule has 0 aliphatic carbocycles. The van der Waals surface area contributed by atoms with Gasteiger partial charge in [0.05, 0.1) is 5.25 Å². The zero-order valence-corrected chi connectivity index (χ0v) is 7.49. The molecule has 1 aliphatic heterocycles. The number of nitrogens with zero attached hydrogens (tertiary/aromatic N) is 3. The molecule has 0 aromatic carbocycles. The molecule has 60 valence electrons. The van der Waals surface area contributed by atoms with Crippen molar-refractivity contribution >= 4 is 23.5 Å². The topological polar surface area (TPSA) is 54.5 Å². The van der Waals surface area contributed by atoms with Gasteiger partial charge < -0.3 is 0 Å². The van der Waals surface area contributed by atoms with Gasteiger partial charge in [-0.1, -0.05) is 5.21 Å². The lowest BCUT2D eigenvalue weighted by Crippen LogP contribution is -2.07. The predicted molar refractivity (Wildman–Crippen MR) is 46.7 cm³/mol. The van der Waals surface area contributed by atoms with Gasteiger partial charge in [-0.2, -0.15) is 17.0 Å². The summed E-state index contributed by atoms with van der Waals surface area (Å²) < 4.78 is 0. The van der Waals surface area contributed by atoms with E-state index < -0.39 is 0 Å². The summed E-state index contributed by atoms with van der Waals surface area (Å²) in [5.41, 5.74) is 0. The number of hydrogen-bond donors (Lipinski definition) is 1. The van der Waals surface area contributed by atoms with Crippen LogP contribution in [0.2, 0.25) is 0 Å². The highest BCUT2D eigenvalue weighted by molar-refractivity contribution is 8.06. The molecule has 2 rings (SSSR count). The third-order valence-corrected chi connectivity index (χ3v) is 4.22. The summed E-state index contributed by atoms with van der Waals surface area (Å²) >= 11 is 3.87. The summed E-state index contributed by atoms with van der Waals surface area (Å²) in [7, 11) is 0. The molecule has 1 aliphatic rings. The molecule has 2 heterocycles. The predicted octanol–water partition coefficient (Wildman–Crippen LogP) is 0.721. The van der Waals surface area contributed by atoms with Gasteiger partial charge in [-0.3, -0.25) is 0 Å². The van der Waals surface area contributed by atoms with Gasteiger partial charge in [0.1, 0.15) is 0 Å². The molecule has 1 fully saturated rings. The van der Waals surface area contributed by atoms with Crippen LogP contribution in [-0.4, -0.2) is 37.9 Å². The van der Waals surface area contributed by atoms with Crippen molar-refractivity contribution in [1.29, 1.82) is 0 Å². The highest BCUT2D eigenvalue weighted by Crippen LogP contribution is 2.34. The van der Waals surface area contributed by atoms with Crippen LogP contribution < -0.4 is 0 Å². The third kappa shape index (κ3) is 1.67. The minimum atomic E-state index is 0.451. The molecule has 0 amide bonds. The highest BCUT2D eigenvalue weighted by Gasteiger charge is 2.19. The molecule has 4 nitrogen and oxygen atoms in total. The van der Waals surface area contributed by atoms with Crippen molar-refractivity contribution in [2.75, 3.05) is 17.3 Å². The average Bonchev–Trinajstić information content (AvgIpc) is 2.58. The summed E-state index contributed by atoms with van der Waals surface area (Å²) in [5, 5.41) is 14.4. The van der Waals surface area contributed by atoms with E-state index in [2.05, 4.69) is 20.6 Å². The van der Waals surface area contributed by atoms with Crippen LogP contribution in [0.25, 0.3) is 0 Å². The number of nitrogens with one attached hydrogen (secondary N) is 1. The third-order valence-electron chi connectivity index (χ3n) is 1.47. The summed E-state index contributed by atoms with van der Waals surface area (Å²) in [6.07, 6.45) is 0. The van der Waals surface area contributed by atoms with E-state index in [9.17, 15) is 0 Å². The van der Waals surface area contributed by atoms with E-state index in [4.69, 9.17) is 0 Å². The maximum absolute atomic E-state index is 3.96. The Hall–Kier alpha value is -0.230. The van der Waals surface area contributed by atoms with E-state index in [0.717, 1.165) is 11.6 Å². The quantitative estimate of drug-likeness (QED) is 0.704. The van der Waals surface area contributed by atoms with Gasteiger partial charge in [-0.25, -0.2) is 0 Å². The van der Waals surface area contributed by atoms with Crippen molar-refractivity contribution in [3.05, 3.63) is 5.82 Å². The SMILES string of the molecule is C1CS[C@@H](c2nn[nH]n2)CS1. The lowest BCUT2D eigenvalue weighted by molar-refractivity contribution is 0.881. The van der Waals surface area contributed by atoms with Gasteiger partial charge in [0.2, 0.25) is 0 Å². The fourth-order valence-electron chi connectivity index (χ4n) is 0.943. The highest BCUT2D eigenvalue weighted by atomic mass is 32.2. The lowest BCUT2D eigenvalue weighted by atomic mass is 10.4. The number of tetrazole rings is 1. The van der Waals surface area contributed by atoms with Crippen LogP contribution in [-0.2, 0) is 0 Å². The van der Waals surface area contributed by atoms with Gasteiger partial charge in [0.15, 0.2) is 5.82 Å². The largest absolute Gasteiger partial charge is 0.188 e. The van der Waals surface area contributed by atoms with Gasteiger partial charge in [-0.05, 0) is 0 Å². The van der Waals surface area contributed by atoms with Gasteiger partial charge >= 0.3 is 0 Å². The number of rotatable bonds is 1. The van der Waals surface area contributed by atoms with Crippen LogP contribution in [0, 0.1) is 0 Å². The monoisotopic (exact) mass is 188 g/mol. The molecule has 1 saturated heterocycles. The first-order valence-electron chi connectivity index (χ1n) is 3.39. The Morgan fingerprint density at radius 3 is 3.09 bits per heavy atom. The summed E-state index contributed by atoms with van der Waals surface area (Å²) in [6, 6.07) is 0. The second kappa shape index (κ2) is 3.44. The van der Waals surface area contributed by atoms with Crippen molar-refractivity contribution in [1.82, 2.24) is 20.6 Å². The average molecular weight is 188 g/mol. The first-order chi connectivity index (χ1) is 5.47. The smallest absolute Gasteiger partial charge is 0.177 e. The minimum absolute atomic E-state index is 0.451. The van der Waals surface area contributed by atoms with Gasteiger partial charge in [0.25, 0.3) is 0 Å². The fraction of sp³-hybridized carbons (Fsp3) is 0.800. The molecular weight excluding hydrogens is 180 g/mol. The second-order valence-electron chi connectivity index (χ2n) is 2.20. The van der Waals surface area contributed by atoms with E-state index in [-0.39, 0.29) is 0 Å². The van der Waals surface area contributed by atoms with Crippen LogP contribution in [0.4, 0.5) is 0 Å². The summed E-state index contributed by atoms with van der Waals surface area (Å²) in [6.45, 7) is 0. The van der Waals surface area contributed by atoms with E-state index in [1.165, 1.54) is 11.5 Å². The number of hydrogen-bond acceptors (Lipinski definition) is 5. The lowest BCUT2D eigenvalue weighted by Gasteiger charge is -2.16.